The van der Waals surface area contributed by atoms with Crippen molar-refractivity contribution in [3.05, 3.63) is 64.7 Å². The van der Waals surface area contributed by atoms with Crippen LogP contribution in [0.1, 0.15) is 42.6 Å². The van der Waals surface area contributed by atoms with Crippen molar-refractivity contribution < 1.29 is 26.6 Å². The first-order valence-electron chi connectivity index (χ1n) is 12.2. The zero-order chi connectivity index (χ0) is 24.5. The Morgan fingerprint density at radius 3 is 2.73 bits per heavy atom. The Hall–Kier alpha value is -3.23. The van der Waals surface area contributed by atoms with E-state index in [0.29, 0.717) is 55.2 Å². The van der Waals surface area contributed by atoms with Gasteiger partial charge in [-0.2, -0.15) is 0 Å². The summed E-state index contributed by atoms with van der Waals surface area (Å²) in [4.78, 5) is 40.2. The fourth-order valence-corrected chi connectivity index (χ4v) is 4.40. The fourth-order valence-electron chi connectivity index (χ4n) is 4.40. The predicted molar refractivity (Wildman–Crippen MR) is 119 cm³/mol. The van der Waals surface area contributed by atoms with Crippen LogP contribution in [0.15, 0.2) is 42.4 Å². The first kappa shape index (κ1) is 19.3. The van der Waals surface area contributed by atoms with Gasteiger partial charge in [-0.3, -0.25) is 24.6 Å². The molecule has 8 heteroatoms. The Kier molecular flexibility index (Phi) is 5.44. The van der Waals surface area contributed by atoms with Gasteiger partial charge in [0, 0.05) is 38.5 Å². The molecule has 0 saturated carbocycles. The molecule has 172 valence electrons. The second-order valence-electron chi connectivity index (χ2n) is 8.40. The highest BCUT2D eigenvalue weighted by atomic mass is 16.5. The van der Waals surface area contributed by atoms with Crippen LogP contribution in [0.3, 0.4) is 0 Å². The third-order valence-corrected chi connectivity index (χ3v) is 6.20. The van der Waals surface area contributed by atoms with Crippen LogP contribution >= 0.6 is 0 Å². The average molecular weight is 452 g/mol. The largest absolute Gasteiger partial charge is 0.489 e. The number of amides is 3. The second-order valence-corrected chi connectivity index (χ2v) is 8.40. The van der Waals surface area contributed by atoms with E-state index in [4.69, 9.17) is 12.2 Å². The number of piperidine rings is 1. The maximum Gasteiger partial charge on any atom is 0.255 e. The number of rotatable bonds is 6. The van der Waals surface area contributed by atoms with E-state index < -0.39 is 18.5 Å². The summed E-state index contributed by atoms with van der Waals surface area (Å²) in [6, 6.07) is 10.2. The van der Waals surface area contributed by atoms with Gasteiger partial charge in [0.1, 0.15) is 18.4 Å². The molecule has 3 heterocycles. The van der Waals surface area contributed by atoms with Crippen molar-refractivity contribution in [2.75, 3.05) is 26.3 Å². The van der Waals surface area contributed by atoms with E-state index in [0.717, 1.165) is 5.56 Å². The standard InChI is InChI=1S/C25H27N3O5/c29-23-9-8-21(24(30)26-23)28-15-20-19(25(28)31)2-1-3-22(20)33-16-18-6-4-17(5-7-18)14-27-10-12-32-13-11-27/h1-7,21H,8-16H2,(H,26,29,30)/i4D,14D. The molecule has 2 unspecified atom stereocenters. The molecule has 8 nitrogen and oxygen atoms in total. The summed E-state index contributed by atoms with van der Waals surface area (Å²) in [5.41, 5.74) is 2.63. The molecule has 2 atom stereocenters. The van der Waals surface area contributed by atoms with Gasteiger partial charge in [0.05, 0.1) is 21.1 Å². The lowest BCUT2D eigenvalue weighted by Crippen LogP contribution is -2.52. The molecule has 2 aromatic rings. The molecule has 3 aliphatic heterocycles. The molecule has 0 bridgehead atoms. The number of nitrogens with one attached hydrogen (secondary N) is 1. The van der Waals surface area contributed by atoms with Crippen molar-refractivity contribution in [2.45, 2.75) is 38.6 Å². The van der Waals surface area contributed by atoms with Gasteiger partial charge in [-0.1, -0.05) is 30.3 Å². The second kappa shape index (κ2) is 9.33. The first-order chi connectivity index (χ1) is 16.9. The van der Waals surface area contributed by atoms with E-state index >= 15 is 0 Å². The minimum Gasteiger partial charge on any atom is -0.489 e. The molecule has 0 aliphatic carbocycles. The number of carbonyl (C=O) groups excluding carboxylic acids is 3. The van der Waals surface area contributed by atoms with Gasteiger partial charge in [0.2, 0.25) is 11.8 Å². The van der Waals surface area contributed by atoms with Crippen molar-refractivity contribution in [3.63, 3.8) is 0 Å². The Morgan fingerprint density at radius 1 is 1.12 bits per heavy atom. The molecule has 0 radical (unpaired) electrons. The Balaban J connectivity index is 1.27. The third-order valence-electron chi connectivity index (χ3n) is 6.20. The summed E-state index contributed by atoms with van der Waals surface area (Å²) in [7, 11) is 0. The average Bonchev–Trinajstić information content (AvgIpc) is 3.19. The maximum atomic E-state index is 13.0. The highest BCUT2D eigenvalue weighted by Crippen LogP contribution is 2.34. The summed E-state index contributed by atoms with van der Waals surface area (Å²) < 4.78 is 28.3. The number of imide groups is 1. The van der Waals surface area contributed by atoms with Crippen LogP contribution in [0.4, 0.5) is 0 Å². The van der Waals surface area contributed by atoms with Crippen molar-refractivity contribution >= 4 is 17.7 Å². The van der Waals surface area contributed by atoms with Gasteiger partial charge in [0.25, 0.3) is 5.91 Å². The van der Waals surface area contributed by atoms with Crippen LogP contribution in [0.2, 0.25) is 0 Å². The van der Waals surface area contributed by atoms with Crippen LogP contribution in [-0.2, 0) is 34.0 Å². The molecule has 2 aromatic carbocycles. The molecule has 3 amide bonds. The van der Waals surface area contributed by atoms with E-state index in [1.165, 1.54) is 4.90 Å². The number of morpholine rings is 1. The van der Waals surface area contributed by atoms with E-state index in [-0.39, 0.29) is 37.4 Å². The monoisotopic (exact) mass is 451 g/mol. The summed E-state index contributed by atoms with van der Waals surface area (Å²) in [5, 5.41) is 2.31. The summed E-state index contributed by atoms with van der Waals surface area (Å²) in [6.07, 6.45) is 0.511. The number of hydrogen-bond acceptors (Lipinski definition) is 6. The van der Waals surface area contributed by atoms with Crippen LogP contribution in [0.25, 0.3) is 0 Å². The van der Waals surface area contributed by atoms with E-state index in [2.05, 4.69) is 5.32 Å². The van der Waals surface area contributed by atoms with E-state index in [1.54, 1.807) is 30.3 Å². The van der Waals surface area contributed by atoms with Gasteiger partial charge >= 0.3 is 0 Å². The van der Waals surface area contributed by atoms with Gasteiger partial charge in [0.15, 0.2) is 0 Å². The van der Waals surface area contributed by atoms with Crippen LogP contribution < -0.4 is 10.1 Å². The minimum atomic E-state index is -0.678. The molecule has 33 heavy (non-hydrogen) atoms. The van der Waals surface area contributed by atoms with Crippen molar-refractivity contribution in [1.29, 1.82) is 0 Å². The van der Waals surface area contributed by atoms with Crippen molar-refractivity contribution in [1.82, 2.24) is 15.1 Å². The molecule has 0 aromatic heterocycles. The number of ether oxygens (including phenoxy) is 2. The molecule has 3 aliphatic rings. The molecule has 0 spiro atoms. The number of nitrogens with zero attached hydrogens (tertiary/aromatic N) is 2. The lowest BCUT2D eigenvalue weighted by molar-refractivity contribution is -0.136. The lowest BCUT2D eigenvalue weighted by atomic mass is 10.0. The number of carbonyl (C=O) groups is 3. The van der Waals surface area contributed by atoms with Crippen molar-refractivity contribution in [2.24, 2.45) is 0 Å². The Bertz CT molecular complexity index is 1170. The van der Waals surface area contributed by atoms with Gasteiger partial charge < -0.3 is 14.4 Å². The zero-order valence-corrected chi connectivity index (χ0v) is 18.2. The topological polar surface area (TPSA) is 88.2 Å². The predicted octanol–water partition coefficient (Wildman–Crippen LogP) is 1.86. The summed E-state index contributed by atoms with van der Waals surface area (Å²) in [6.45, 7) is 2.37. The highest BCUT2D eigenvalue weighted by molar-refractivity contribution is 6.05. The smallest absolute Gasteiger partial charge is 0.255 e. The first-order valence-corrected chi connectivity index (χ1v) is 11.1. The van der Waals surface area contributed by atoms with Crippen LogP contribution in [0, 0.1) is 0 Å². The number of benzene rings is 2. The van der Waals surface area contributed by atoms with Gasteiger partial charge in [-0.25, -0.2) is 0 Å². The number of fused-ring (bicyclic) bond motifs is 1. The maximum absolute atomic E-state index is 13.0. The molecular formula is C25H27N3O5. The lowest BCUT2D eigenvalue weighted by Gasteiger charge is -2.29. The van der Waals surface area contributed by atoms with Crippen molar-refractivity contribution in [3.8, 4) is 5.75 Å². The quantitative estimate of drug-likeness (QED) is 0.675. The highest BCUT2D eigenvalue weighted by Gasteiger charge is 2.40. The SMILES string of the molecule is [2H]c1cc(COc2cccc3c2CN(C2CCC(=O)NC2=O)C3=O)ccc1C([2H])N1CCOCC1. The molecule has 2 fully saturated rings. The molecule has 2 saturated heterocycles. The summed E-state index contributed by atoms with van der Waals surface area (Å²) in [5.74, 6) is -0.464. The van der Waals surface area contributed by atoms with Crippen LogP contribution in [-0.4, -0.2) is 59.9 Å². The van der Waals surface area contributed by atoms with E-state index in [9.17, 15) is 14.4 Å². The Morgan fingerprint density at radius 2 is 1.94 bits per heavy atom. The molecule has 5 rings (SSSR count). The fraction of sp³-hybridized carbons (Fsp3) is 0.400. The summed E-state index contributed by atoms with van der Waals surface area (Å²) >= 11 is 0. The van der Waals surface area contributed by atoms with Crippen LogP contribution in [0.5, 0.6) is 5.75 Å². The normalized spacial score (nSPS) is 23.0. The third kappa shape index (κ3) is 4.62. The van der Waals surface area contributed by atoms with Gasteiger partial charge in [-0.05, 0) is 29.7 Å². The number of hydrogen-bond donors (Lipinski definition) is 1. The molecular weight excluding hydrogens is 422 g/mol. The zero-order valence-electron chi connectivity index (χ0n) is 20.2. The molecule has 1 N–H and O–H groups in total. The minimum absolute atomic E-state index is 0.204. The van der Waals surface area contributed by atoms with E-state index in [1.807, 2.05) is 11.0 Å². The van der Waals surface area contributed by atoms with Gasteiger partial charge in [-0.15, -0.1) is 0 Å². The Labute approximate surface area is 195 Å².